The number of phosphoric ester groups is 2. The van der Waals surface area contributed by atoms with Gasteiger partial charge in [-0.1, -0.05) is 376 Å². The first-order valence-corrected chi connectivity index (χ1v) is 45.3. The molecule has 19 heteroatoms. The number of unbranched alkanes of at least 4 members (excludes halogenated alkanes) is 48. The fourth-order valence-electron chi connectivity index (χ4n) is 12.7. The van der Waals surface area contributed by atoms with Crippen LogP contribution in [0.4, 0.5) is 0 Å². The minimum atomic E-state index is -4.96. The molecule has 0 fully saturated rings. The Labute approximate surface area is 619 Å². The number of aliphatic hydroxyl groups is 1. The summed E-state index contributed by atoms with van der Waals surface area (Å²) in [5, 5.41) is 10.7. The van der Waals surface area contributed by atoms with E-state index in [2.05, 4.69) is 48.5 Å². The Morgan fingerprint density at radius 2 is 0.455 bits per heavy atom. The highest BCUT2D eigenvalue weighted by Gasteiger charge is 2.30. The Hall–Kier alpha value is -1.94. The summed E-state index contributed by atoms with van der Waals surface area (Å²) >= 11 is 0. The van der Waals surface area contributed by atoms with Crippen LogP contribution in [-0.2, 0) is 65.4 Å². The number of rotatable bonds is 80. The van der Waals surface area contributed by atoms with E-state index in [1.54, 1.807) is 0 Å². The van der Waals surface area contributed by atoms with Crippen LogP contribution in [0.2, 0.25) is 0 Å². The number of carbonyl (C=O) groups is 4. The number of esters is 4. The lowest BCUT2D eigenvalue weighted by Crippen LogP contribution is -2.30. The molecule has 0 saturated carbocycles. The van der Waals surface area contributed by atoms with Crippen molar-refractivity contribution in [2.75, 3.05) is 39.6 Å². The van der Waals surface area contributed by atoms with Crippen LogP contribution in [0.3, 0.4) is 0 Å². The van der Waals surface area contributed by atoms with E-state index in [1.165, 1.54) is 238 Å². The molecule has 101 heavy (non-hydrogen) atoms. The predicted molar refractivity (Wildman–Crippen MR) is 414 cm³/mol. The first kappa shape index (κ1) is 99.1. The molecule has 600 valence electrons. The molecule has 0 rings (SSSR count). The summed E-state index contributed by atoms with van der Waals surface area (Å²) < 4.78 is 68.8. The van der Waals surface area contributed by atoms with E-state index in [-0.39, 0.29) is 25.7 Å². The molecule has 0 aliphatic rings. The second-order valence-corrected chi connectivity index (χ2v) is 33.8. The minimum Gasteiger partial charge on any atom is -0.462 e. The maximum atomic E-state index is 13.1. The molecular formula is C82H160O17P2. The van der Waals surface area contributed by atoms with Gasteiger partial charge >= 0.3 is 39.5 Å². The summed E-state index contributed by atoms with van der Waals surface area (Å²) in [5.74, 6) is 0.222. The van der Waals surface area contributed by atoms with Crippen LogP contribution in [0.5, 0.6) is 0 Å². The molecule has 5 atom stereocenters. The molecule has 0 aromatic rings. The Kier molecular flexibility index (Phi) is 70.9. The largest absolute Gasteiger partial charge is 0.472 e. The van der Waals surface area contributed by atoms with Crippen LogP contribution in [0, 0.1) is 17.8 Å². The predicted octanol–water partition coefficient (Wildman–Crippen LogP) is 24.5. The number of phosphoric acid groups is 2. The van der Waals surface area contributed by atoms with Gasteiger partial charge in [0.25, 0.3) is 0 Å². The molecule has 17 nitrogen and oxygen atoms in total. The van der Waals surface area contributed by atoms with Gasteiger partial charge in [0.2, 0.25) is 0 Å². The number of hydrogen-bond acceptors (Lipinski definition) is 15. The van der Waals surface area contributed by atoms with Crippen LogP contribution in [0.25, 0.3) is 0 Å². The molecule has 0 aromatic carbocycles. The maximum absolute atomic E-state index is 13.1. The van der Waals surface area contributed by atoms with E-state index in [4.69, 9.17) is 37.0 Å². The van der Waals surface area contributed by atoms with E-state index < -0.39 is 97.5 Å². The van der Waals surface area contributed by atoms with Crippen molar-refractivity contribution < 1.29 is 80.2 Å². The number of hydrogen-bond donors (Lipinski definition) is 3. The zero-order chi connectivity index (χ0) is 74.4. The second kappa shape index (κ2) is 72.3. The fourth-order valence-corrected chi connectivity index (χ4v) is 14.2. The summed E-state index contributed by atoms with van der Waals surface area (Å²) in [6.45, 7) is 12.0. The van der Waals surface area contributed by atoms with E-state index in [0.29, 0.717) is 25.7 Å². The fraction of sp³-hybridized carbons (Fsp3) is 0.951. The first-order valence-electron chi connectivity index (χ1n) is 42.3. The molecular weight excluding hydrogens is 1320 g/mol. The van der Waals surface area contributed by atoms with Gasteiger partial charge in [-0.25, -0.2) is 9.13 Å². The zero-order valence-corrected chi connectivity index (χ0v) is 68.2. The molecule has 0 heterocycles. The molecule has 3 N–H and O–H groups in total. The summed E-state index contributed by atoms with van der Waals surface area (Å²) in [7, 11) is -9.92. The molecule has 0 bridgehead atoms. The van der Waals surface area contributed by atoms with Crippen LogP contribution in [0.15, 0.2) is 0 Å². The van der Waals surface area contributed by atoms with Crippen molar-refractivity contribution in [1.82, 2.24) is 0 Å². The molecule has 0 aromatic heterocycles. The topological polar surface area (TPSA) is 237 Å². The van der Waals surface area contributed by atoms with E-state index in [0.717, 1.165) is 108 Å². The molecule has 0 spiro atoms. The average Bonchev–Trinajstić information content (AvgIpc) is 0.977. The summed E-state index contributed by atoms with van der Waals surface area (Å²) in [6.07, 6.45) is 60.9. The van der Waals surface area contributed by atoms with Gasteiger partial charge in [0.1, 0.15) is 19.3 Å². The molecule has 0 amide bonds. The third-order valence-corrected chi connectivity index (χ3v) is 21.0. The lowest BCUT2D eigenvalue weighted by Gasteiger charge is -2.21. The van der Waals surface area contributed by atoms with Crippen molar-refractivity contribution in [3.8, 4) is 0 Å². The summed E-state index contributed by atoms with van der Waals surface area (Å²) in [5.41, 5.74) is 0. The van der Waals surface area contributed by atoms with Crippen molar-refractivity contribution in [3.63, 3.8) is 0 Å². The van der Waals surface area contributed by atoms with Crippen molar-refractivity contribution in [2.45, 2.75) is 446 Å². The van der Waals surface area contributed by atoms with E-state index in [1.807, 2.05) is 0 Å². The molecule has 0 saturated heterocycles. The third-order valence-electron chi connectivity index (χ3n) is 19.1. The lowest BCUT2D eigenvalue weighted by molar-refractivity contribution is -0.161. The van der Waals surface area contributed by atoms with Crippen molar-refractivity contribution in [2.24, 2.45) is 17.8 Å². The van der Waals surface area contributed by atoms with E-state index in [9.17, 15) is 43.2 Å². The van der Waals surface area contributed by atoms with Crippen molar-refractivity contribution in [1.29, 1.82) is 0 Å². The maximum Gasteiger partial charge on any atom is 0.472 e. The first-order chi connectivity index (χ1) is 48.7. The minimum absolute atomic E-state index is 0.108. The van der Waals surface area contributed by atoms with Gasteiger partial charge in [-0.15, -0.1) is 0 Å². The highest BCUT2D eigenvalue weighted by atomic mass is 31.2. The monoisotopic (exact) mass is 1480 g/mol. The second-order valence-electron chi connectivity index (χ2n) is 30.9. The Balaban J connectivity index is 5.27. The highest BCUT2D eigenvalue weighted by molar-refractivity contribution is 7.47. The highest BCUT2D eigenvalue weighted by Crippen LogP contribution is 2.45. The molecule has 0 radical (unpaired) electrons. The van der Waals surface area contributed by atoms with Gasteiger partial charge in [-0.05, 0) is 43.4 Å². The van der Waals surface area contributed by atoms with Crippen molar-refractivity contribution >= 4 is 39.5 Å². The van der Waals surface area contributed by atoms with Gasteiger partial charge in [0, 0.05) is 25.7 Å². The number of aliphatic hydroxyl groups excluding tert-OH is 1. The van der Waals surface area contributed by atoms with Gasteiger partial charge < -0.3 is 33.8 Å². The van der Waals surface area contributed by atoms with Crippen molar-refractivity contribution in [3.05, 3.63) is 0 Å². The Bertz CT molecular complexity index is 1960. The normalized spacial score (nSPS) is 14.0. The molecule has 0 aliphatic carbocycles. The molecule has 2 unspecified atom stereocenters. The van der Waals surface area contributed by atoms with Gasteiger partial charge in [-0.2, -0.15) is 0 Å². The summed E-state index contributed by atoms with van der Waals surface area (Å²) in [6, 6.07) is 0. The van der Waals surface area contributed by atoms with Crippen LogP contribution in [0.1, 0.15) is 427 Å². The number of ether oxygens (including phenoxy) is 4. The lowest BCUT2D eigenvalue weighted by atomic mass is 10.0. The smallest absolute Gasteiger partial charge is 0.462 e. The Morgan fingerprint density at radius 3 is 0.673 bits per heavy atom. The summed E-state index contributed by atoms with van der Waals surface area (Å²) in [4.78, 5) is 73.1. The standard InChI is InChI=1S/C82H160O17P2/c1-8-9-10-11-12-13-14-15-16-17-23-29-36-44-51-58-65-81(86)99-78(70-93-80(85)64-57-50-43-38-31-34-41-48-55-62-75(6)7)72-97-101(90,91)95-68-76(83)67-94-100(88,89)96-71-77(69-92-79(84)63-56-49-42-35-28-25-20-22-27-33-40-47-54-61-74(4)5)98-82(87)66-59-52-45-37-30-24-19-18-21-26-32-39-46-53-60-73(2)3/h73-78,83H,8-72H2,1-7H3,(H,88,89)(H,90,91)/t76-,77-,78-/m1/s1. The molecule has 0 aliphatic heterocycles. The van der Waals surface area contributed by atoms with Crippen LogP contribution >= 0.6 is 15.6 Å². The van der Waals surface area contributed by atoms with E-state index >= 15 is 0 Å². The Morgan fingerprint density at radius 1 is 0.267 bits per heavy atom. The van der Waals surface area contributed by atoms with Crippen LogP contribution < -0.4 is 0 Å². The zero-order valence-electron chi connectivity index (χ0n) is 66.4. The SMILES string of the molecule is CCCCCCCCCCCCCCCCCCC(=O)O[C@H](COC(=O)CCCCCCCCCCCC(C)C)COP(=O)(O)OC[C@H](O)COP(=O)(O)OC[C@@H](COC(=O)CCCCCCCCCCCCCCCC(C)C)OC(=O)CCCCCCCCCCCCCCCCC(C)C. The van der Waals surface area contributed by atoms with Gasteiger partial charge in [0.15, 0.2) is 12.2 Å². The third kappa shape index (κ3) is 76.1. The van der Waals surface area contributed by atoms with Crippen LogP contribution in [-0.4, -0.2) is 96.7 Å². The van der Waals surface area contributed by atoms with Gasteiger partial charge in [0.05, 0.1) is 26.4 Å². The average molecular weight is 1480 g/mol. The quantitative estimate of drug-likeness (QED) is 0.0222. The number of carbonyl (C=O) groups excluding carboxylic acids is 4. The van der Waals surface area contributed by atoms with Gasteiger partial charge in [-0.3, -0.25) is 37.3 Å².